The van der Waals surface area contributed by atoms with E-state index in [-0.39, 0.29) is 40.5 Å². The summed E-state index contributed by atoms with van der Waals surface area (Å²) in [6.07, 6.45) is 0. The van der Waals surface area contributed by atoms with Crippen molar-refractivity contribution in [1.29, 1.82) is 0 Å². The molecule has 0 fully saturated rings. The molecule has 0 amide bonds. The molecule has 0 N–H and O–H groups in total. The van der Waals surface area contributed by atoms with Gasteiger partial charge in [-0.3, -0.25) is 0 Å². The number of fused-ring (bicyclic) bond motifs is 11. The molecule has 0 unspecified atom stereocenters. The first kappa shape index (κ1) is 77.2. The van der Waals surface area contributed by atoms with Crippen molar-refractivity contribution in [3.8, 4) is 78.3 Å². The maximum absolute atomic E-state index is 7.73. The van der Waals surface area contributed by atoms with Crippen molar-refractivity contribution in [1.82, 2.24) is 0 Å². The van der Waals surface area contributed by atoms with Gasteiger partial charge in [0, 0.05) is 62.1 Å². The van der Waals surface area contributed by atoms with Gasteiger partial charge in [-0.25, -0.2) is 0 Å². The van der Waals surface area contributed by atoms with Gasteiger partial charge in [-0.1, -0.05) is 389 Å². The summed E-state index contributed by atoms with van der Waals surface area (Å²) in [4.78, 5) is 8.21. The van der Waals surface area contributed by atoms with Gasteiger partial charge in [-0.15, -0.1) is 0 Å². The van der Waals surface area contributed by atoms with Crippen LogP contribution in [0.5, 0.6) is 11.5 Å². The van der Waals surface area contributed by atoms with Crippen LogP contribution in [-0.4, -0.2) is 13.4 Å². The van der Waals surface area contributed by atoms with Gasteiger partial charge in [0.2, 0.25) is 0 Å². The fraction of sp³-hybridized carbons (Fsp3) is 0.179. The second-order valence-electron chi connectivity index (χ2n) is 39.9. The molecule has 6 heteroatoms. The lowest BCUT2D eigenvalue weighted by Gasteiger charge is -2.47. The van der Waals surface area contributed by atoms with Gasteiger partial charge in [0.25, 0.3) is 13.4 Å². The Morgan fingerprint density at radius 1 is 0.236 bits per heavy atom. The van der Waals surface area contributed by atoms with E-state index in [1.807, 2.05) is 0 Å². The van der Waals surface area contributed by atoms with Crippen LogP contribution in [0.4, 0.5) is 51.2 Å². The van der Waals surface area contributed by atoms with E-state index < -0.39 is 5.41 Å². The number of ether oxygens (including phenoxy) is 1. The summed E-state index contributed by atoms with van der Waals surface area (Å²) >= 11 is 0. The van der Waals surface area contributed by atoms with E-state index in [9.17, 15) is 0 Å². The molecular weight excluding hydrogens is 1480 g/mol. The van der Waals surface area contributed by atoms with Crippen molar-refractivity contribution < 1.29 is 4.74 Å². The van der Waals surface area contributed by atoms with Crippen LogP contribution in [0, 0.1) is 0 Å². The fourth-order valence-corrected chi connectivity index (χ4v) is 20.8. The molecule has 4 heterocycles. The third-order valence-electron chi connectivity index (χ3n) is 27.1. The molecule has 598 valence electrons. The number of nitrogens with zero attached hydrogens (tertiary/aromatic N) is 3. The Balaban J connectivity index is 0.971. The molecular formula is C117H103B2N3O. The monoisotopic (exact) mass is 1590 g/mol. The Labute approximate surface area is 728 Å². The highest BCUT2D eigenvalue weighted by Gasteiger charge is 2.52. The molecule has 4 nitrogen and oxygen atoms in total. The molecule has 16 aromatic rings. The zero-order valence-electron chi connectivity index (χ0n) is 73.4. The van der Waals surface area contributed by atoms with Crippen LogP contribution in [0.25, 0.3) is 66.8 Å². The molecule has 4 aliphatic heterocycles. The summed E-state index contributed by atoms with van der Waals surface area (Å²) < 4.78 is 7.73. The van der Waals surface area contributed by atoms with E-state index in [4.69, 9.17) is 4.74 Å². The van der Waals surface area contributed by atoms with Crippen molar-refractivity contribution in [3.05, 3.63) is 402 Å². The van der Waals surface area contributed by atoms with Crippen molar-refractivity contribution in [3.63, 3.8) is 0 Å². The normalized spacial score (nSPS) is 14.0. The highest BCUT2D eigenvalue weighted by atomic mass is 16.5. The number of anilines is 9. The van der Waals surface area contributed by atoms with Crippen molar-refractivity contribution in [2.45, 2.75) is 136 Å². The third kappa shape index (κ3) is 12.5. The molecule has 0 aromatic heterocycles. The first-order valence-corrected chi connectivity index (χ1v) is 44.1. The minimum Gasteiger partial charge on any atom is -0.458 e. The SMILES string of the molecule is CC(C)(C)c1cccc(N2c3cc4c(cc3B3c5ccc(C(C)(C)C)cc5N(c5c(-c6ccccc6)cc(C(C)(C)C)cc5-c5ccccc5)c5cc(-c6cccc7c6C(c6ccccc6)(c6ccccc6)c6ccccc6-7)cc2c53)B2c3ccc(C(C)(C)C)cc3Oc3cc(C(C)(C)C)cc(c32)N4c2c(-c3ccccc3)cccc2-c2ccccc2)c1. The average molecular weight is 1590 g/mol. The third-order valence-corrected chi connectivity index (χ3v) is 27.1. The van der Waals surface area contributed by atoms with Gasteiger partial charge in [-0.2, -0.15) is 0 Å². The largest absolute Gasteiger partial charge is 0.458 e. The Morgan fingerprint density at radius 2 is 0.618 bits per heavy atom. The van der Waals surface area contributed by atoms with Gasteiger partial charge in [0.15, 0.2) is 0 Å². The highest BCUT2D eigenvalue weighted by Crippen LogP contribution is 2.62. The molecule has 0 saturated heterocycles. The summed E-state index contributed by atoms with van der Waals surface area (Å²) in [6.45, 7) is 34.8. The van der Waals surface area contributed by atoms with E-state index in [0.717, 1.165) is 124 Å². The second kappa shape index (κ2) is 28.5. The summed E-state index contributed by atoms with van der Waals surface area (Å²) in [5.41, 5.74) is 40.5. The van der Waals surface area contributed by atoms with Crippen LogP contribution in [-0.2, 0) is 32.5 Å². The Hall–Kier alpha value is -13.2. The van der Waals surface area contributed by atoms with E-state index in [1.54, 1.807) is 0 Å². The molecule has 0 saturated carbocycles. The van der Waals surface area contributed by atoms with E-state index >= 15 is 0 Å². The molecule has 0 radical (unpaired) electrons. The van der Waals surface area contributed by atoms with Crippen molar-refractivity contribution in [2.75, 3.05) is 14.7 Å². The predicted molar refractivity (Wildman–Crippen MR) is 524 cm³/mol. The first-order valence-electron chi connectivity index (χ1n) is 44.1. The van der Waals surface area contributed by atoms with Crippen molar-refractivity contribution in [2.24, 2.45) is 0 Å². The number of para-hydroxylation sites is 1. The fourth-order valence-electron chi connectivity index (χ4n) is 20.8. The molecule has 5 aliphatic rings. The van der Waals surface area contributed by atoms with Crippen LogP contribution >= 0.6 is 0 Å². The number of benzene rings is 16. The first-order chi connectivity index (χ1) is 59.2. The molecule has 0 atom stereocenters. The van der Waals surface area contributed by atoms with Gasteiger partial charge in [0.1, 0.15) is 11.5 Å². The quantitative estimate of drug-likeness (QED) is 0.127. The zero-order valence-corrected chi connectivity index (χ0v) is 73.4. The summed E-state index contributed by atoms with van der Waals surface area (Å²) in [6, 6.07) is 136. The van der Waals surface area contributed by atoms with Gasteiger partial charge < -0.3 is 19.4 Å². The molecule has 1 aliphatic carbocycles. The number of hydrogen-bond acceptors (Lipinski definition) is 4. The van der Waals surface area contributed by atoms with Gasteiger partial charge in [0.05, 0.1) is 16.8 Å². The molecule has 0 bridgehead atoms. The van der Waals surface area contributed by atoms with Crippen LogP contribution in [0.15, 0.2) is 352 Å². The molecule has 21 rings (SSSR count). The Kier molecular flexibility index (Phi) is 17.9. The van der Waals surface area contributed by atoms with Crippen LogP contribution in [0.2, 0.25) is 0 Å². The van der Waals surface area contributed by atoms with Crippen LogP contribution in [0.1, 0.15) is 154 Å². The number of hydrogen-bond donors (Lipinski definition) is 0. The summed E-state index contributed by atoms with van der Waals surface area (Å²) in [5.74, 6) is 1.79. The summed E-state index contributed by atoms with van der Waals surface area (Å²) in [5, 5.41) is 0. The van der Waals surface area contributed by atoms with Gasteiger partial charge >= 0.3 is 0 Å². The maximum Gasteiger partial charge on any atom is 0.256 e. The van der Waals surface area contributed by atoms with E-state index in [2.05, 4.69) is 470 Å². The lowest BCUT2D eigenvalue weighted by Crippen LogP contribution is -2.64. The Bertz CT molecular complexity index is 6760. The number of rotatable bonds is 10. The lowest BCUT2D eigenvalue weighted by atomic mass is 9.30. The van der Waals surface area contributed by atoms with Crippen LogP contribution < -0.4 is 52.2 Å². The maximum atomic E-state index is 7.73. The van der Waals surface area contributed by atoms with Crippen molar-refractivity contribution >= 4 is 97.4 Å². The standard InChI is InChI=1S/C117H103B2N3O/c1-112(2,3)81-51-36-52-86(65-81)120-100-73-101-98(119-96-62-60-83(114(7,8)9)70-105(96)123-106-71-85(116(13,14)15)69-104(109(106)119)122(101)110-88(74-39-22-16-23-40-74)55-38-56-89(110)75-41-24-17-25-42-75)72-97(100)118-95-61-59-82(113(4,5)6)68-99(95)121(111-92(76-43-26-18-27-44-76)66-84(115(10,11)12)67-93(111)77-45-28-19-29-46-77)103-64-78(63-102(120)108(103)118)87-54-37-57-91-90-53-34-35-58-94(90)117(107(87)91,79-47-30-20-31-48-79)80-49-32-21-33-50-80/h16-73H,1-15H3. The topological polar surface area (TPSA) is 19.0 Å². The molecule has 123 heavy (non-hydrogen) atoms. The van der Waals surface area contributed by atoms with E-state index in [1.165, 1.54) is 88.6 Å². The van der Waals surface area contributed by atoms with Crippen LogP contribution in [0.3, 0.4) is 0 Å². The minimum atomic E-state index is -0.747. The van der Waals surface area contributed by atoms with Gasteiger partial charge in [-0.05, 0) is 221 Å². The zero-order chi connectivity index (χ0) is 84.5. The molecule has 16 aromatic carbocycles. The van der Waals surface area contributed by atoms with E-state index in [0.29, 0.717) is 0 Å². The lowest BCUT2D eigenvalue weighted by molar-refractivity contribution is 0.479. The Morgan fingerprint density at radius 3 is 1.15 bits per heavy atom. The minimum absolute atomic E-state index is 0.156. The smallest absolute Gasteiger partial charge is 0.256 e. The molecule has 0 spiro atoms. The average Bonchev–Trinajstić information content (AvgIpc) is 1.67. The highest BCUT2D eigenvalue weighted by molar-refractivity contribution is 7.02. The summed E-state index contributed by atoms with van der Waals surface area (Å²) in [7, 11) is 0. The second-order valence-corrected chi connectivity index (χ2v) is 39.9. The predicted octanol–water partition coefficient (Wildman–Crippen LogP) is 27.4.